The van der Waals surface area contributed by atoms with Crippen LogP contribution in [0.2, 0.25) is 0 Å². The lowest BCUT2D eigenvalue weighted by Crippen LogP contribution is -2.16. The van der Waals surface area contributed by atoms with Gasteiger partial charge < -0.3 is 14.9 Å². The van der Waals surface area contributed by atoms with Gasteiger partial charge in [0.25, 0.3) is 5.56 Å². The summed E-state index contributed by atoms with van der Waals surface area (Å²) in [6.45, 7) is 0. The lowest BCUT2D eigenvalue weighted by Gasteiger charge is -2.13. The number of rotatable bonds is 3. The summed E-state index contributed by atoms with van der Waals surface area (Å²) in [5, 5.41) is 3.74. The van der Waals surface area contributed by atoms with E-state index < -0.39 is 5.82 Å². The minimum absolute atomic E-state index is 0.175. The quantitative estimate of drug-likeness (QED) is 0.587. The third-order valence-corrected chi connectivity index (χ3v) is 4.15. The Morgan fingerprint density at radius 2 is 1.85 bits per heavy atom. The molecule has 3 aromatic heterocycles. The largest absolute Gasteiger partial charge is 0.357 e. The van der Waals surface area contributed by atoms with Gasteiger partial charge in [-0.15, -0.1) is 0 Å². The van der Waals surface area contributed by atoms with Gasteiger partial charge in [0.15, 0.2) is 0 Å². The molecule has 130 valence electrons. The van der Waals surface area contributed by atoms with E-state index in [9.17, 15) is 13.6 Å². The fourth-order valence-corrected chi connectivity index (χ4v) is 2.90. The van der Waals surface area contributed by atoms with E-state index in [0.29, 0.717) is 33.5 Å². The SMILES string of the molecule is Cn1cc(-c2cc(F)cnc2Nc2ccc(F)cc2)c2cc[nH]c2c1=O. The summed E-state index contributed by atoms with van der Waals surface area (Å²) in [5.74, 6) is -0.448. The first kappa shape index (κ1) is 16.0. The molecule has 0 amide bonds. The van der Waals surface area contributed by atoms with E-state index >= 15 is 0 Å². The van der Waals surface area contributed by atoms with Gasteiger partial charge in [-0.05, 0) is 36.4 Å². The average molecular weight is 352 g/mol. The molecule has 0 radical (unpaired) electrons. The van der Waals surface area contributed by atoms with Crippen LogP contribution in [0, 0.1) is 11.6 Å². The molecule has 0 atom stereocenters. The molecule has 1 aromatic carbocycles. The second kappa shape index (κ2) is 6.11. The van der Waals surface area contributed by atoms with Crippen molar-refractivity contribution >= 4 is 22.4 Å². The molecule has 3 heterocycles. The van der Waals surface area contributed by atoms with Crippen LogP contribution in [0.4, 0.5) is 20.3 Å². The van der Waals surface area contributed by atoms with Crippen LogP contribution in [0.1, 0.15) is 0 Å². The number of halogens is 2. The van der Waals surface area contributed by atoms with E-state index in [1.54, 1.807) is 37.6 Å². The summed E-state index contributed by atoms with van der Waals surface area (Å²) in [6.07, 6.45) is 4.41. The highest BCUT2D eigenvalue weighted by Crippen LogP contribution is 2.33. The van der Waals surface area contributed by atoms with E-state index in [0.717, 1.165) is 6.20 Å². The molecular weight excluding hydrogens is 338 g/mol. The van der Waals surface area contributed by atoms with Gasteiger partial charge in [0.1, 0.15) is 23.0 Å². The normalized spacial score (nSPS) is 11.0. The predicted octanol–water partition coefficient (Wildman–Crippen LogP) is 3.95. The number of aryl methyl sites for hydroxylation is 1. The number of H-pyrrole nitrogens is 1. The molecule has 0 unspecified atom stereocenters. The van der Waals surface area contributed by atoms with Gasteiger partial charge in [-0.3, -0.25) is 4.79 Å². The molecule has 2 N–H and O–H groups in total. The maximum atomic E-state index is 13.9. The van der Waals surface area contributed by atoms with Crippen molar-refractivity contribution in [3.05, 3.63) is 77.0 Å². The van der Waals surface area contributed by atoms with E-state index in [2.05, 4.69) is 15.3 Å². The fourth-order valence-electron chi connectivity index (χ4n) is 2.90. The van der Waals surface area contributed by atoms with Crippen molar-refractivity contribution < 1.29 is 8.78 Å². The summed E-state index contributed by atoms with van der Waals surface area (Å²) in [7, 11) is 1.63. The van der Waals surface area contributed by atoms with Gasteiger partial charge in [-0.25, -0.2) is 13.8 Å². The van der Waals surface area contributed by atoms with E-state index in [1.165, 1.54) is 22.8 Å². The standard InChI is InChI=1S/C19H14F2N4O/c1-25-10-16(14-6-7-22-17(14)19(25)26)15-8-12(21)9-23-18(15)24-13-4-2-11(20)3-5-13/h2-10,22H,1H3,(H,23,24). The van der Waals surface area contributed by atoms with Gasteiger partial charge in [0, 0.05) is 41.6 Å². The van der Waals surface area contributed by atoms with Crippen LogP contribution in [0.25, 0.3) is 22.0 Å². The second-order valence-electron chi connectivity index (χ2n) is 5.91. The number of benzene rings is 1. The lowest BCUT2D eigenvalue weighted by molar-refractivity contribution is 0.622. The molecule has 26 heavy (non-hydrogen) atoms. The number of nitrogens with zero attached hydrogens (tertiary/aromatic N) is 2. The summed E-state index contributed by atoms with van der Waals surface area (Å²) < 4.78 is 28.5. The maximum Gasteiger partial charge on any atom is 0.274 e. The van der Waals surface area contributed by atoms with Crippen molar-refractivity contribution in [3.8, 4) is 11.1 Å². The molecular formula is C19H14F2N4O. The Morgan fingerprint density at radius 1 is 1.08 bits per heavy atom. The molecule has 0 spiro atoms. The van der Waals surface area contributed by atoms with Crippen LogP contribution in [-0.4, -0.2) is 14.5 Å². The molecule has 5 nitrogen and oxygen atoms in total. The van der Waals surface area contributed by atoms with Crippen LogP contribution in [0.15, 0.2) is 59.8 Å². The molecule has 0 fully saturated rings. The van der Waals surface area contributed by atoms with E-state index in [-0.39, 0.29) is 11.4 Å². The number of anilines is 2. The van der Waals surface area contributed by atoms with Crippen LogP contribution < -0.4 is 10.9 Å². The molecule has 0 aliphatic carbocycles. The van der Waals surface area contributed by atoms with E-state index in [4.69, 9.17) is 0 Å². The highest BCUT2D eigenvalue weighted by molar-refractivity contribution is 5.97. The first-order chi connectivity index (χ1) is 12.5. The average Bonchev–Trinajstić information content (AvgIpc) is 3.12. The Bertz CT molecular complexity index is 1160. The van der Waals surface area contributed by atoms with Crippen molar-refractivity contribution in [3.63, 3.8) is 0 Å². The highest BCUT2D eigenvalue weighted by atomic mass is 19.1. The number of aromatic amines is 1. The van der Waals surface area contributed by atoms with Crippen LogP contribution in [0.3, 0.4) is 0 Å². The van der Waals surface area contributed by atoms with Gasteiger partial charge in [0.05, 0.1) is 6.20 Å². The Hall–Kier alpha value is -3.48. The smallest absolute Gasteiger partial charge is 0.274 e. The minimum atomic E-state index is -0.498. The number of fused-ring (bicyclic) bond motifs is 1. The maximum absolute atomic E-state index is 13.9. The summed E-state index contributed by atoms with van der Waals surface area (Å²) in [6, 6.07) is 8.89. The Labute approximate surface area is 146 Å². The zero-order valence-corrected chi connectivity index (χ0v) is 13.8. The number of pyridine rings is 2. The lowest BCUT2D eigenvalue weighted by atomic mass is 10.0. The minimum Gasteiger partial charge on any atom is -0.357 e. The number of nitrogens with one attached hydrogen (secondary N) is 2. The van der Waals surface area contributed by atoms with Crippen molar-refractivity contribution in [2.45, 2.75) is 0 Å². The van der Waals surface area contributed by atoms with Gasteiger partial charge in [0.2, 0.25) is 0 Å². The zero-order chi connectivity index (χ0) is 18.3. The van der Waals surface area contributed by atoms with Gasteiger partial charge in [-0.1, -0.05) is 0 Å². The molecule has 0 aliphatic rings. The third kappa shape index (κ3) is 2.73. The summed E-state index contributed by atoms with van der Waals surface area (Å²) in [4.78, 5) is 19.3. The van der Waals surface area contributed by atoms with Crippen molar-refractivity contribution in [2.24, 2.45) is 7.05 Å². The molecule has 7 heteroatoms. The first-order valence-corrected chi connectivity index (χ1v) is 7.88. The molecule has 0 aliphatic heterocycles. The number of hydrogen-bond acceptors (Lipinski definition) is 3. The summed E-state index contributed by atoms with van der Waals surface area (Å²) in [5.41, 5.74) is 2.02. The zero-order valence-electron chi connectivity index (χ0n) is 13.8. The molecule has 4 aromatic rings. The van der Waals surface area contributed by atoms with Crippen molar-refractivity contribution in [2.75, 3.05) is 5.32 Å². The fraction of sp³-hybridized carbons (Fsp3) is 0.0526. The topological polar surface area (TPSA) is 62.7 Å². The molecule has 0 saturated carbocycles. The highest BCUT2D eigenvalue weighted by Gasteiger charge is 2.15. The van der Waals surface area contributed by atoms with Gasteiger partial charge >= 0.3 is 0 Å². The van der Waals surface area contributed by atoms with Gasteiger partial charge in [-0.2, -0.15) is 0 Å². The Balaban J connectivity index is 1.91. The first-order valence-electron chi connectivity index (χ1n) is 7.88. The second-order valence-corrected chi connectivity index (χ2v) is 5.91. The van der Waals surface area contributed by atoms with Crippen molar-refractivity contribution in [1.82, 2.24) is 14.5 Å². The molecule has 0 bridgehead atoms. The Kier molecular flexibility index (Phi) is 3.76. The number of hydrogen-bond donors (Lipinski definition) is 2. The van der Waals surface area contributed by atoms with Crippen LogP contribution >= 0.6 is 0 Å². The Morgan fingerprint density at radius 3 is 2.62 bits per heavy atom. The third-order valence-electron chi connectivity index (χ3n) is 4.15. The molecule has 0 saturated heterocycles. The van der Waals surface area contributed by atoms with Crippen LogP contribution in [-0.2, 0) is 7.05 Å². The van der Waals surface area contributed by atoms with Crippen LogP contribution in [0.5, 0.6) is 0 Å². The number of aromatic nitrogens is 3. The van der Waals surface area contributed by atoms with Crippen molar-refractivity contribution in [1.29, 1.82) is 0 Å². The van der Waals surface area contributed by atoms with E-state index in [1.807, 2.05) is 0 Å². The monoisotopic (exact) mass is 352 g/mol. The molecule has 4 rings (SSSR count). The summed E-state index contributed by atoms with van der Waals surface area (Å²) >= 11 is 0. The predicted molar refractivity (Wildman–Crippen MR) is 96.4 cm³/mol.